The number of non-ortho nitro benzene ring substituents is 1. The van der Waals surface area contributed by atoms with Crippen molar-refractivity contribution in [1.82, 2.24) is 20.6 Å². The summed E-state index contributed by atoms with van der Waals surface area (Å²) in [5.41, 5.74) is 3.73. The number of carbonyl (C=O) groups is 2. The van der Waals surface area contributed by atoms with Gasteiger partial charge in [-0.2, -0.15) is 5.10 Å². The van der Waals surface area contributed by atoms with Gasteiger partial charge in [0.25, 0.3) is 17.5 Å². The number of benzene rings is 1. The molecule has 1 heterocycles. The highest BCUT2D eigenvalue weighted by atomic mass is 16.6. The Hall–Kier alpha value is -3.31. The molecule has 6 N–H and O–H groups in total. The number of hydrogen-bond donors (Lipinski definition) is 4. The van der Waals surface area contributed by atoms with Crippen LogP contribution in [0.5, 0.6) is 0 Å². The van der Waals surface area contributed by atoms with E-state index in [1.165, 1.54) is 35.1 Å². The van der Waals surface area contributed by atoms with Crippen molar-refractivity contribution in [3.63, 3.8) is 0 Å². The average molecular weight is 305 g/mol. The number of nitro groups is 1. The number of rotatable bonds is 4. The molecule has 0 aliphatic heterocycles. The van der Waals surface area contributed by atoms with E-state index in [1.54, 1.807) is 0 Å². The van der Waals surface area contributed by atoms with Gasteiger partial charge >= 0.3 is 0 Å². The van der Waals surface area contributed by atoms with Crippen LogP contribution in [0.25, 0.3) is 5.69 Å². The molecule has 0 saturated carbocycles. The molecule has 0 saturated heterocycles. The third-order valence-corrected chi connectivity index (χ3v) is 2.76. The van der Waals surface area contributed by atoms with Crippen molar-refractivity contribution >= 4 is 17.5 Å². The maximum atomic E-state index is 11.6. The Labute approximate surface area is 123 Å². The standard InChI is InChI=1S/C11H11N7O4/c12-14-10(19)8-5-17(16-9(8)11(20)15-13)6-1-3-7(4-2-6)18(21)22/h1-5H,12-13H2,(H,14,19)(H,15,20). The van der Waals surface area contributed by atoms with Crippen LogP contribution in [0, 0.1) is 10.1 Å². The fraction of sp³-hybridized carbons (Fsp3) is 0. The summed E-state index contributed by atoms with van der Waals surface area (Å²) in [5, 5.41) is 14.5. The minimum atomic E-state index is -0.778. The van der Waals surface area contributed by atoms with Crippen LogP contribution in [0.1, 0.15) is 20.8 Å². The molecule has 2 amide bonds. The van der Waals surface area contributed by atoms with Gasteiger partial charge in [0.1, 0.15) is 0 Å². The van der Waals surface area contributed by atoms with Crippen molar-refractivity contribution in [2.45, 2.75) is 0 Å². The van der Waals surface area contributed by atoms with Crippen molar-refractivity contribution in [1.29, 1.82) is 0 Å². The van der Waals surface area contributed by atoms with E-state index in [4.69, 9.17) is 11.7 Å². The van der Waals surface area contributed by atoms with E-state index in [0.717, 1.165) is 0 Å². The van der Waals surface area contributed by atoms with Gasteiger partial charge in [-0.1, -0.05) is 0 Å². The quantitative estimate of drug-likeness (QED) is 0.242. The van der Waals surface area contributed by atoms with Gasteiger partial charge in [-0.15, -0.1) is 0 Å². The van der Waals surface area contributed by atoms with Gasteiger partial charge in [-0.3, -0.25) is 30.6 Å². The SMILES string of the molecule is NNC(=O)c1cn(-c2ccc([N+](=O)[O-])cc2)nc1C(=O)NN. The molecular formula is C11H11N7O4. The lowest BCUT2D eigenvalue weighted by Crippen LogP contribution is -2.35. The summed E-state index contributed by atoms with van der Waals surface area (Å²) in [4.78, 5) is 33.3. The van der Waals surface area contributed by atoms with Gasteiger partial charge in [0.2, 0.25) is 0 Å². The van der Waals surface area contributed by atoms with Gasteiger partial charge in [0.05, 0.1) is 16.2 Å². The number of aromatic nitrogens is 2. The number of nitrogens with one attached hydrogen (secondary N) is 2. The van der Waals surface area contributed by atoms with E-state index < -0.39 is 16.7 Å². The maximum Gasteiger partial charge on any atom is 0.286 e. The fourth-order valence-electron chi connectivity index (χ4n) is 1.71. The molecule has 11 heteroatoms. The van der Waals surface area contributed by atoms with E-state index in [2.05, 4.69) is 5.10 Å². The number of hydrogen-bond acceptors (Lipinski definition) is 7. The Kier molecular flexibility index (Phi) is 4.11. The van der Waals surface area contributed by atoms with Crippen LogP contribution in [0.2, 0.25) is 0 Å². The van der Waals surface area contributed by atoms with Crippen LogP contribution >= 0.6 is 0 Å². The lowest BCUT2D eigenvalue weighted by molar-refractivity contribution is -0.384. The maximum absolute atomic E-state index is 11.6. The van der Waals surface area contributed by atoms with Crippen molar-refractivity contribution in [3.8, 4) is 5.69 Å². The molecule has 2 aromatic rings. The predicted octanol–water partition coefficient (Wildman–Crippen LogP) is -1.01. The van der Waals surface area contributed by atoms with Crippen molar-refractivity contribution < 1.29 is 14.5 Å². The molecule has 0 unspecified atom stereocenters. The van der Waals surface area contributed by atoms with Crippen molar-refractivity contribution in [2.75, 3.05) is 0 Å². The number of nitro benzene ring substituents is 1. The third kappa shape index (κ3) is 2.74. The molecule has 1 aromatic carbocycles. The smallest absolute Gasteiger partial charge is 0.286 e. The zero-order chi connectivity index (χ0) is 16.3. The lowest BCUT2D eigenvalue weighted by atomic mass is 10.2. The van der Waals surface area contributed by atoms with Crippen LogP contribution in [-0.4, -0.2) is 26.5 Å². The molecule has 11 nitrogen and oxygen atoms in total. The number of carbonyl (C=O) groups excluding carboxylic acids is 2. The van der Waals surface area contributed by atoms with E-state index in [0.29, 0.717) is 5.69 Å². The highest BCUT2D eigenvalue weighted by Gasteiger charge is 2.21. The molecule has 0 aliphatic carbocycles. The number of nitrogens with zero attached hydrogens (tertiary/aromatic N) is 3. The molecule has 114 valence electrons. The minimum Gasteiger partial charge on any atom is -0.290 e. The number of nitrogens with two attached hydrogens (primary N) is 2. The minimum absolute atomic E-state index is 0.0937. The van der Waals surface area contributed by atoms with Crippen LogP contribution in [0.3, 0.4) is 0 Å². The largest absolute Gasteiger partial charge is 0.290 e. The average Bonchev–Trinajstić information content (AvgIpc) is 2.98. The van der Waals surface area contributed by atoms with Crippen molar-refractivity contribution in [2.24, 2.45) is 11.7 Å². The second kappa shape index (κ2) is 5.99. The molecule has 0 radical (unpaired) electrons. The topological polar surface area (TPSA) is 171 Å². The first-order valence-corrected chi connectivity index (χ1v) is 5.84. The molecule has 0 fully saturated rings. The second-order valence-electron chi connectivity index (χ2n) is 4.06. The molecule has 0 atom stereocenters. The van der Waals surface area contributed by atoms with E-state index >= 15 is 0 Å². The van der Waals surface area contributed by atoms with Gasteiger partial charge < -0.3 is 0 Å². The predicted molar refractivity (Wildman–Crippen MR) is 73.5 cm³/mol. The number of amides is 2. The third-order valence-electron chi connectivity index (χ3n) is 2.76. The molecule has 22 heavy (non-hydrogen) atoms. The Bertz CT molecular complexity index is 704. The summed E-state index contributed by atoms with van der Waals surface area (Å²) in [6, 6.07) is 5.36. The fourth-order valence-corrected chi connectivity index (χ4v) is 1.71. The second-order valence-corrected chi connectivity index (χ2v) is 4.06. The van der Waals surface area contributed by atoms with Crippen LogP contribution < -0.4 is 22.5 Å². The van der Waals surface area contributed by atoms with E-state index in [9.17, 15) is 19.7 Å². The summed E-state index contributed by atoms with van der Waals surface area (Å²) in [7, 11) is 0. The first-order valence-electron chi connectivity index (χ1n) is 5.84. The molecule has 0 spiro atoms. The number of hydrazine groups is 2. The number of nitrogen functional groups attached to an aromatic ring is 2. The Morgan fingerprint density at radius 1 is 1.14 bits per heavy atom. The molecule has 1 aromatic heterocycles. The summed E-state index contributed by atoms with van der Waals surface area (Å²) >= 11 is 0. The summed E-state index contributed by atoms with van der Waals surface area (Å²) in [6.45, 7) is 0. The zero-order valence-corrected chi connectivity index (χ0v) is 11.0. The van der Waals surface area contributed by atoms with Crippen LogP contribution in [-0.2, 0) is 0 Å². The highest BCUT2D eigenvalue weighted by molar-refractivity contribution is 6.05. The monoisotopic (exact) mass is 305 g/mol. The Morgan fingerprint density at radius 2 is 1.73 bits per heavy atom. The van der Waals surface area contributed by atoms with Crippen LogP contribution in [0.4, 0.5) is 5.69 Å². The summed E-state index contributed by atoms with van der Waals surface area (Å²) in [5.74, 6) is 8.56. The lowest BCUT2D eigenvalue weighted by Gasteiger charge is -2.00. The highest BCUT2D eigenvalue weighted by Crippen LogP contribution is 2.17. The van der Waals surface area contributed by atoms with Gasteiger partial charge in [0.15, 0.2) is 5.69 Å². The first-order chi connectivity index (χ1) is 10.5. The first kappa shape index (κ1) is 15.1. The Morgan fingerprint density at radius 3 is 2.23 bits per heavy atom. The van der Waals surface area contributed by atoms with E-state index in [1.807, 2.05) is 10.9 Å². The summed E-state index contributed by atoms with van der Waals surface area (Å²) < 4.78 is 1.21. The molecule has 0 aliphatic rings. The van der Waals surface area contributed by atoms with E-state index in [-0.39, 0.29) is 16.9 Å². The van der Waals surface area contributed by atoms with Gasteiger partial charge in [-0.05, 0) is 12.1 Å². The molecular weight excluding hydrogens is 294 g/mol. The van der Waals surface area contributed by atoms with Gasteiger partial charge in [-0.25, -0.2) is 16.4 Å². The Balaban J connectivity index is 2.47. The molecule has 2 rings (SSSR count). The van der Waals surface area contributed by atoms with Crippen LogP contribution in [0.15, 0.2) is 30.5 Å². The van der Waals surface area contributed by atoms with Crippen molar-refractivity contribution in [3.05, 3.63) is 51.8 Å². The summed E-state index contributed by atoms with van der Waals surface area (Å²) in [6.07, 6.45) is 1.26. The normalized spacial score (nSPS) is 10.1. The molecule has 0 bridgehead atoms. The van der Waals surface area contributed by atoms with Gasteiger partial charge in [0, 0.05) is 18.3 Å². The zero-order valence-electron chi connectivity index (χ0n) is 11.0.